The van der Waals surface area contributed by atoms with Gasteiger partial charge in [-0.1, -0.05) is 12.1 Å². The van der Waals surface area contributed by atoms with Gasteiger partial charge in [-0.05, 0) is 29.7 Å². The third-order valence-electron chi connectivity index (χ3n) is 3.25. The average Bonchev–Trinajstić information content (AvgIpc) is 3.35. The van der Waals surface area contributed by atoms with Gasteiger partial charge in [-0.3, -0.25) is 0 Å². The second-order valence-electron chi connectivity index (χ2n) is 5.13. The van der Waals surface area contributed by atoms with Crippen LogP contribution in [-0.4, -0.2) is 48.8 Å². The van der Waals surface area contributed by atoms with Crippen LogP contribution in [0.15, 0.2) is 36.4 Å². The van der Waals surface area contributed by atoms with E-state index in [1.807, 2.05) is 6.07 Å². The molecule has 2 fully saturated rings. The maximum Gasteiger partial charge on any atom is 0.123 e. The van der Waals surface area contributed by atoms with Crippen molar-refractivity contribution >= 4 is 10.8 Å². The molecule has 0 spiro atoms. The van der Waals surface area contributed by atoms with E-state index in [-0.39, 0.29) is 11.5 Å². The number of rotatable bonds is 4. The Morgan fingerprint density at radius 3 is 2.29 bits per heavy atom. The molecule has 5 heteroatoms. The number of hydrogen-bond acceptors (Lipinski definition) is 5. The van der Waals surface area contributed by atoms with Crippen LogP contribution in [-0.2, 0) is 14.2 Å². The lowest BCUT2D eigenvalue weighted by molar-refractivity contribution is 0.102. The summed E-state index contributed by atoms with van der Waals surface area (Å²) in [5.74, 6) is 0.459. The highest BCUT2D eigenvalue weighted by atomic mass is 16.6. The second-order valence-corrected chi connectivity index (χ2v) is 5.13. The first-order chi connectivity index (χ1) is 10.2. The first-order valence-corrected chi connectivity index (χ1v) is 6.94. The molecule has 2 atom stereocenters. The molecule has 0 aliphatic carbocycles. The molecule has 2 N–H and O–H groups in total. The first kappa shape index (κ1) is 14.1. The summed E-state index contributed by atoms with van der Waals surface area (Å²) in [6.07, 6.45) is 0.785. The smallest absolute Gasteiger partial charge is 0.123 e. The van der Waals surface area contributed by atoms with Crippen LogP contribution < -0.4 is 0 Å². The minimum absolute atomic E-state index is 0.216. The maximum atomic E-state index is 9.38. The van der Waals surface area contributed by atoms with Crippen LogP contribution in [0.25, 0.3) is 10.8 Å². The first-order valence-electron chi connectivity index (χ1n) is 6.94. The average molecular weight is 290 g/mol. The highest BCUT2D eigenvalue weighted by molar-refractivity contribution is 5.88. The molecule has 112 valence electrons. The van der Waals surface area contributed by atoms with Crippen LogP contribution in [0.4, 0.5) is 0 Å². The van der Waals surface area contributed by atoms with Crippen molar-refractivity contribution in [1.82, 2.24) is 0 Å². The lowest BCUT2D eigenvalue weighted by Crippen LogP contribution is -2.06. The van der Waals surface area contributed by atoms with Crippen LogP contribution in [0.5, 0.6) is 11.5 Å². The standard InChI is InChI=1S/C10H8O2.C6H10O3/c11-8-4-5-9-7(6-8)2-1-3-10(9)12;1(5-3-8-5)7-2-6-4-9-6/h1-6,11-12H;5-6H,1-4H2. The van der Waals surface area contributed by atoms with Crippen molar-refractivity contribution in [1.29, 1.82) is 0 Å². The molecule has 2 aliphatic rings. The van der Waals surface area contributed by atoms with Crippen molar-refractivity contribution in [3.05, 3.63) is 36.4 Å². The van der Waals surface area contributed by atoms with Gasteiger partial charge in [-0.15, -0.1) is 0 Å². The quantitative estimate of drug-likeness (QED) is 0.843. The number of ether oxygens (including phenoxy) is 3. The van der Waals surface area contributed by atoms with E-state index in [1.54, 1.807) is 30.3 Å². The van der Waals surface area contributed by atoms with Gasteiger partial charge in [0.2, 0.25) is 0 Å². The summed E-state index contributed by atoms with van der Waals surface area (Å²) in [7, 11) is 0. The van der Waals surface area contributed by atoms with Gasteiger partial charge in [0.05, 0.1) is 26.4 Å². The molecule has 21 heavy (non-hydrogen) atoms. The van der Waals surface area contributed by atoms with Gasteiger partial charge in [-0.2, -0.15) is 0 Å². The number of benzene rings is 2. The predicted molar refractivity (Wildman–Crippen MR) is 77.6 cm³/mol. The molecule has 5 nitrogen and oxygen atoms in total. The zero-order valence-corrected chi connectivity index (χ0v) is 11.6. The van der Waals surface area contributed by atoms with E-state index >= 15 is 0 Å². The van der Waals surface area contributed by atoms with Crippen LogP contribution >= 0.6 is 0 Å². The summed E-state index contributed by atoms with van der Waals surface area (Å²) in [6, 6.07) is 10.1. The van der Waals surface area contributed by atoms with E-state index < -0.39 is 0 Å². The molecular formula is C16H18O5. The Labute approximate surface area is 122 Å². The highest BCUT2D eigenvalue weighted by Gasteiger charge is 2.26. The Kier molecular flexibility index (Phi) is 4.24. The fourth-order valence-corrected chi connectivity index (χ4v) is 1.91. The van der Waals surface area contributed by atoms with E-state index in [1.165, 1.54) is 0 Å². The van der Waals surface area contributed by atoms with Crippen LogP contribution in [0.2, 0.25) is 0 Å². The number of phenols is 2. The number of hydrogen-bond donors (Lipinski definition) is 2. The SMILES string of the molecule is C(OCC1CO1)C1CO1.Oc1ccc2c(O)cccc2c1. The molecule has 0 saturated carbocycles. The maximum absolute atomic E-state index is 9.38. The summed E-state index contributed by atoms with van der Waals surface area (Å²) < 4.78 is 15.1. The summed E-state index contributed by atoms with van der Waals surface area (Å²) in [4.78, 5) is 0. The van der Waals surface area contributed by atoms with E-state index in [2.05, 4.69) is 0 Å². The highest BCUT2D eigenvalue weighted by Crippen LogP contribution is 2.26. The minimum Gasteiger partial charge on any atom is -0.508 e. The van der Waals surface area contributed by atoms with E-state index in [9.17, 15) is 5.11 Å². The van der Waals surface area contributed by atoms with Gasteiger partial charge in [0.1, 0.15) is 23.7 Å². The van der Waals surface area contributed by atoms with Crippen molar-refractivity contribution in [3.63, 3.8) is 0 Å². The number of fused-ring (bicyclic) bond motifs is 1. The largest absolute Gasteiger partial charge is 0.508 e. The lowest BCUT2D eigenvalue weighted by atomic mass is 10.1. The molecule has 0 radical (unpaired) electrons. The molecular weight excluding hydrogens is 272 g/mol. The summed E-state index contributed by atoms with van der Waals surface area (Å²) in [5, 5.41) is 20.1. The van der Waals surface area contributed by atoms with Gasteiger partial charge in [0, 0.05) is 5.39 Å². The molecule has 2 aromatic rings. The Balaban J connectivity index is 0.000000131. The zero-order chi connectivity index (χ0) is 14.7. The third-order valence-corrected chi connectivity index (χ3v) is 3.25. The molecule has 0 aromatic heterocycles. The van der Waals surface area contributed by atoms with E-state index in [0.717, 1.165) is 37.2 Å². The van der Waals surface area contributed by atoms with Gasteiger partial charge in [-0.25, -0.2) is 0 Å². The zero-order valence-electron chi connectivity index (χ0n) is 11.6. The molecule has 2 unspecified atom stereocenters. The molecule has 0 amide bonds. The van der Waals surface area contributed by atoms with Crippen molar-refractivity contribution in [3.8, 4) is 11.5 Å². The normalized spacial score (nSPS) is 22.5. The van der Waals surface area contributed by atoms with Gasteiger partial charge < -0.3 is 24.4 Å². The second kappa shape index (κ2) is 6.30. The molecule has 2 aromatic carbocycles. The van der Waals surface area contributed by atoms with Gasteiger partial charge >= 0.3 is 0 Å². The van der Waals surface area contributed by atoms with Gasteiger partial charge in [0.15, 0.2) is 0 Å². The van der Waals surface area contributed by atoms with E-state index in [4.69, 9.17) is 19.3 Å². The Morgan fingerprint density at radius 2 is 1.67 bits per heavy atom. The molecule has 2 aliphatic heterocycles. The Morgan fingerprint density at radius 1 is 1.00 bits per heavy atom. The van der Waals surface area contributed by atoms with Crippen LogP contribution in [0, 0.1) is 0 Å². The monoisotopic (exact) mass is 290 g/mol. The van der Waals surface area contributed by atoms with Crippen LogP contribution in [0.3, 0.4) is 0 Å². The Hall–Kier alpha value is -1.82. The van der Waals surface area contributed by atoms with Crippen molar-refractivity contribution in [2.45, 2.75) is 12.2 Å². The van der Waals surface area contributed by atoms with Crippen molar-refractivity contribution in [2.24, 2.45) is 0 Å². The fourth-order valence-electron chi connectivity index (χ4n) is 1.91. The summed E-state index contributed by atoms with van der Waals surface area (Å²) in [5.41, 5.74) is 0. The molecule has 0 bridgehead atoms. The van der Waals surface area contributed by atoms with Crippen molar-refractivity contribution < 1.29 is 24.4 Å². The minimum atomic E-state index is 0.216. The number of epoxide rings is 2. The summed E-state index contributed by atoms with van der Waals surface area (Å²) in [6.45, 7) is 3.26. The Bertz CT molecular complexity index is 593. The third kappa shape index (κ3) is 4.32. The van der Waals surface area contributed by atoms with Crippen molar-refractivity contribution in [2.75, 3.05) is 26.4 Å². The van der Waals surface area contributed by atoms with Crippen LogP contribution in [0.1, 0.15) is 0 Å². The lowest BCUT2D eigenvalue weighted by Gasteiger charge is -1.99. The number of phenolic OH excluding ortho intramolecular Hbond substituents is 2. The van der Waals surface area contributed by atoms with E-state index in [0.29, 0.717) is 12.2 Å². The summed E-state index contributed by atoms with van der Waals surface area (Å²) >= 11 is 0. The fraction of sp³-hybridized carbons (Fsp3) is 0.375. The molecule has 2 saturated heterocycles. The topological polar surface area (TPSA) is 74.8 Å². The van der Waals surface area contributed by atoms with Gasteiger partial charge in [0.25, 0.3) is 0 Å². The molecule has 4 rings (SSSR count). The number of aromatic hydroxyl groups is 2. The molecule has 2 heterocycles. The predicted octanol–water partition coefficient (Wildman–Crippen LogP) is 2.05.